The van der Waals surface area contributed by atoms with E-state index in [1.807, 2.05) is 0 Å². The molecule has 2 aliphatic heterocycles. The summed E-state index contributed by atoms with van der Waals surface area (Å²) in [7, 11) is 2.14. The molecule has 3 atom stereocenters. The van der Waals surface area contributed by atoms with Crippen molar-refractivity contribution < 1.29 is 4.74 Å². The second kappa shape index (κ2) is 1.70. The van der Waals surface area contributed by atoms with Gasteiger partial charge in [0.15, 0.2) is 0 Å². The normalized spacial score (nSPS) is 50.7. The van der Waals surface area contributed by atoms with Crippen LogP contribution in [0.4, 0.5) is 0 Å². The lowest BCUT2D eigenvalue weighted by Crippen LogP contribution is -2.33. The summed E-state index contributed by atoms with van der Waals surface area (Å²) in [5, 5.41) is 0. The minimum absolute atomic E-state index is 0.487. The zero-order valence-electron chi connectivity index (χ0n) is 6.00. The summed E-state index contributed by atoms with van der Waals surface area (Å²) >= 11 is 0. The number of fused-ring (bicyclic) bond motifs is 1. The van der Waals surface area contributed by atoms with Gasteiger partial charge in [0.25, 0.3) is 0 Å². The van der Waals surface area contributed by atoms with Crippen LogP contribution in [0.3, 0.4) is 0 Å². The molecule has 0 saturated carbocycles. The molecule has 0 spiro atoms. The fourth-order valence-electron chi connectivity index (χ4n) is 1.76. The quantitative estimate of drug-likeness (QED) is 0.445. The Morgan fingerprint density at radius 1 is 1.56 bits per heavy atom. The van der Waals surface area contributed by atoms with E-state index in [9.17, 15) is 0 Å². The molecule has 0 bridgehead atoms. The van der Waals surface area contributed by atoms with E-state index in [1.165, 1.54) is 13.0 Å². The predicted octanol–water partition coefficient (Wildman–Crippen LogP) is 0.683. The molecule has 0 aliphatic carbocycles. The summed E-state index contributed by atoms with van der Waals surface area (Å²) in [6, 6.07) is 0. The lowest BCUT2D eigenvalue weighted by molar-refractivity contribution is 0.192. The third-order valence-electron chi connectivity index (χ3n) is 2.22. The number of likely N-dealkylation sites (N-methyl/N-ethyl adjacent to an activating group) is 1. The Hall–Kier alpha value is -0.0800. The number of hydrogen-bond donors (Lipinski definition) is 0. The molecular weight excluding hydrogens is 114 g/mol. The highest BCUT2D eigenvalue weighted by Crippen LogP contribution is 2.35. The standard InChI is InChI=1S/C7H13NO/c1-5-3-6-7(9-6)8(2)4-5/h5-7H,3-4H2,1-2H3. The number of nitrogens with zero attached hydrogens (tertiary/aromatic N) is 1. The lowest BCUT2D eigenvalue weighted by Gasteiger charge is -2.22. The molecule has 2 rings (SSSR count). The van der Waals surface area contributed by atoms with Crippen molar-refractivity contribution in [2.24, 2.45) is 5.92 Å². The van der Waals surface area contributed by atoms with E-state index >= 15 is 0 Å². The van der Waals surface area contributed by atoms with Crippen LogP contribution in [-0.4, -0.2) is 30.8 Å². The Morgan fingerprint density at radius 3 is 3.00 bits per heavy atom. The fraction of sp³-hybridized carbons (Fsp3) is 1.00. The molecule has 2 nitrogen and oxygen atoms in total. The highest BCUT2D eigenvalue weighted by atomic mass is 16.6. The van der Waals surface area contributed by atoms with Crippen LogP contribution in [0.15, 0.2) is 0 Å². The zero-order chi connectivity index (χ0) is 6.43. The van der Waals surface area contributed by atoms with Gasteiger partial charge in [0.05, 0.1) is 6.10 Å². The summed E-state index contributed by atoms with van der Waals surface area (Å²) in [6.45, 7) is 3.50. The van der Waals surface area contributed by atoms with Gasteiger partial charge >= 0.3 is 0 Å². The molecule has 0 amide bonds. The van der Waals surface area contributed by atoms with Crippen molar-refractivity contribution >= 4 is 0 Å². The van der Waals surface area contributed by atoms with Gasteiger partial charge < -0.3 is 4.74 Å². The zero-order valence-corrected chi connectivity index (χ0v) is 6.00. The van der Waals surface area contributed by atoms with Crippen molar-refractivity contribution in [3.05, 3.63) is 0 Å². The van der Waals surface area contributed by atoms with Crippen molar-refractivity contribution in [3.8, 4) is 0 Å². The SMILES string of the molecule is CC1CC2OC2N(C)C1. The third kappa shape index (κ3) is 0.864. The molecule has 2 saturated heterocycles. The van der Waals surface area contributed by atoms with Crippen LogP contribution in [0, 0.1) is 5.92 Å². The van der Waals surface area contributed by atoms with Gasteiger partial charge in [-0.1, -0.05) is 6.92 Å². The summed E-state index contributed by atoms with van der Waals surface area (Å²) in [4.78, 5) is 2.30. The van der Waals surface area contributed by atoms with Crippen LogP contribution in [0.5, 0.6) is 0 Å². The monoisotopic (exact) mass is 127 g/mol. The molecule has 9 heavy (non-hydrogen) atoms. The molecule has 2 heterocycles. The van der Waals surface area contributed by atoms with E-state index in [0.29, 0.717) is 12.3 Å². The van der Waals surface area contributed by atoms with Crippen molar-refractivity contribution in [2.75, 3.05) is 13.6 Å². The summed E-state index contributed by atoms with van der Waals surface area (Å²) in [6.07, 6.45) is 2.34. The van der Waals surface area contributed by atoms with Crippen LogP contribution in [0.25, 0.3) is 0 Å². The molecule has 0 aromatic rings. The second-order valence-electron chi connectivity index (χ2n) is 3.35. The average molecular weight is 127 g/mol. The minimum Gasteiger partial charge on any atom is -0.353 e. The van der Waals surface area contributed by atoms with Gasteiger partial charge in [-0.15, -0.1) is 0 Å². The van der Waals surface area contributed by atoms with Gasteiger partial charge in [-0.2, -0.15) is 0 Å². The van der Waals surface area contributed by atoms with Gasteiger partial charge in [0.2, 0.25) is 0 Å². The van der Waals surface area contributed by atoms with Crippen LogP contribution >= 0.6 is 0 Å². The highest BCUT2D eigenvalue weighted by Gasteiger charge is 2.46. The van der Waals surface area contributed by atoms with E-state index in [1.54, 1.807) is 0 Å². The predicted molar refractivity (Wildman–Crippen MR) is 35.1 cm³/mol. The average Bonchev–Trinajstić information content (AvgIpc) is 2.43. The number of likely N-dealkylation sites (tertiary alicyclic amines) is 1. The molecule has 3 unspecified atom stereocenters. The molecule has 0 radical (unpaired) electrons. The third-order valence-corrected chi connectivity index (χ3v) is 2.22. The maximum absolute atomic E-state index is 5.39. The summed E-state index contributed by atoms with van der Waals surface area (Å²) in [5.41, 5.74) is 0. The van der Waals surface area contributed by atoms with Gasteiger partial charge in [-0.25, -0.2) is 0 Å². The first kappa shape index (κ1) is 5.69. The minimum atomic E-state index is 0.487. The van der Waals surface area contributed by atoms with Crippen LogP contribution in [0.1, 0.15) is 13.3 Å². The molecule has 52 valence electrons. The van der Waals surface area contributed by atoms with Crippen molar-refractivity contribution in [3.63, 3.8) is 0 Å². The van der Waals surface area contributed by atoms with Gasteiger partial charge in [0, 0.05) is 6.54 Å². The molecule has 2 aliphatic rings. The van der Waals surface area contributed by atoms with Crippen molar-refractivity contribution in [1.29, 1.82) is 0 Å². The van der Waals surface area contributed by atoms with Gasteiger partial charge in [0.1, 0.15) is 6.23 Å². The molecule has 0 aromatic carbocycles. The number of rotatable bonds is 0. The Bertz CT molecular complexity index is 126. The fourth-order valence-corrected chi connectivity index (χ4v) is 1.76. The first-order valence-corrected chi connectivity index (χ1v) is 3.63. The van der Waals surface area contributed by atoms with E-state index in [2.05, 4.69) is 18.9 Å². The number of epoxide rings is 1. The summed E-state index contributed by atoms with van der Waals surface area (Å²) < 4.78 is 5.39. The maximum Gasteiger partial charge on any atom is 0.137 e. The van der Waals surface area contributed by atoms with Gasteiger partial charge in [-0.05, 0) is 19.4 Å². The highest BCUT2D eigenvalue weighted by molar-refractivity contribution is 4.90. The lowest BCUT2D eigenvalue weighted by atomic mass is 10.0. The van der Waals surface area contributed by atoms with Crippen LogP contribution in [0.2, 0.25) is 0 Å². The smallest absolute Gasteiger partial charge is 0.137 e. The molecular formula is C7H13NO. The largest absolute Gasteiger partial charge is 0.353 e. The van der Waals surface area contributed by atoms with Crippen LogP contribution in [-0.2, 0) is 4.74 Å². The first-order chi connectivity index (χ1) is 4.27. The number of hydrogen-bond acceptors (Lipinski definition) is 2. The van der Waals surface area contributed by atoms with Crippen LogP contribution < -0.4 is 0 Å². The second-order valence-corrected chi connectivity index (χ2v) is 3.35. The van der Waals surface area contributed by atoms with Gasteiger partial charge in [-0.3, -0.25) is 4.90 Å². The molecule has 2 heteroatoms. The molecule has 0 N–H and O–H groups in total. The number of ether oxygens (including phenoxy) is 1. The topological polar surface area (TPSA) is 15.8 Å². The van der Waals surface area contributed by atoms with E-state index < -0.39 is 0 Å². The molecule has 2 fully saturated rings. The number of piperidine rings is 1. The first-order valence-electron chi connectivity index (χ1n) is 3.63. The summed E-state index contributed by atoms with van der Waals surface area (Å²) in [5.74, 6) is 0.832. The Labute approximate surface area is 55.8 Å². The van der Waals surface area contributed by atoms with Crippen molar-refractivity contribution in [2.45, 2.75) is 25.7 Å². The molecule has 0 aromatic heterocycles. The van der Waals surface area contributed by atoms with E-state index in [-0.39, 0.29) is 0 Å². The Balaban J connectivity index is 1.99. The van der Waals surface area contributed by atoms with E-state index in [0.717, 1.165) is 5.92 Å². The maximum atomic E-state index is 5.39. The van der Waals surface area contributed by atoms with E-state index in [4.69, 9.17) is 4.74 Å². The Morgan fingerprint density at radius 2 is 2.33 bits per heavy atom. The van der Waals surface area contributed by atoms with Crippen molar-refractivity contribution in [1.82, 2.24) is 4.90 Å². The Kier molecular flexibility index (Phi) is 1.08.